The van der Waals surface area contributed by atoms with Gasteiger partial charge >= 0.3 is 0 Å². The summed E-state index contributed by atoms with van der Waals surface area (Å²) in [6.45, 7) is 0.504. The van der Waals surface area contributed by atoms with Crippen LogP contribution in [0.2, 0.25) is 0 Å². The molecule has 0 fully saturated rings. The smallest absolute Gasteiger partial charge is 0.276 e. The molecule has 2 aromatic rings. The van der Waals surface area contributed by atoms with Gasteiger partial charge in [-0.2, -0.15) is 0 Å². The van der Waals surface area contributed by atoms with Crippen molar-refractivity contribution in [2.24, 2.45) is 0 Å². The number of anilines is 2. The molecule has 2 aromatic heterocycles. The van der Waals surface area contributed by atoms with Crippen molar-refractivity contribution in [2.75, 3.05) is 11.1 Å². The molecule has 2 heterocycles. The maximum atomic E-state index is 11.1. The molecule has 0 amide bonds. The Hall–Kier alpha value is -1.89. The number of nitrogens with two attached hydrogens (primary N) is 1. The second kappa shape index (κ2) is 4.09. The van der Waals surface area contributed by atoms with E-state index >= 15 is 0 Å². The highest BCUT2D eigenvalue weighted by molar-refractivity contribution is 7.07. The minimum Gasteiger partial charge on any atom is -0.391 e. The summed E-state index contributed by atoms with van der Waals surface area (Å²) in [5.74, 6) is 0.381. The molecular formula is C8H9N5OS. The Bertz CT molecular complexity index is 492. The van der Waals surface area contributed by atoms with Crippen molar-refractivity contribution in [3.05, 3.63) is 33.3 Å². The van der Waals surface area contributed by atoms with E-state index < -0.39 is 0 Å². The van der Waals surface area contributed by atoms with Crippen LogP contribution in [0.1, 0.15) is 5.69 Å². The van der Waals surface area contributed by atoms with Crippen LogP contribution in [0.4, 0.5) is 11.5 Å². The largest absolute Gasteiger partial charge is 0.391 e. The normalized spacial score (nSPS) is 10.1. The van der Waals surface area contributed by atoms with Crippen molar-refractivity contribution in [1.82, 2.24) is 15.0 Å². The molecule has 4 N–H and O–H groups in total. The quantitative estimate of drug-likeness (QED) is 0.700. The molecule has 2 rings (SSSR count). The summed E-state index contributed by atoms with van der Waals surface area (Å²) in [4.78, 5) is 21.5. The molecule has 15 heavy (non-hydrogen) atoms. The van der Waals surface area contributed by atoms with Crippen molar-refractivity contribution in [3.8, 4) is 0 Å². The summed E-state index contributed by atoms with van der Waals surface area (Å²) in [6, 6.07) is 0. The fourth-order valence-electron chi connectivity index (χ4n) is 1.05. The summed E-state index contributed by atoms with van der Waals surface area (Å²) in [5.41, 5.74) is 7.92. The van der Waals surface area contributed by atoms with Crippen LogP contribution < -0.4 is 16.6 Å². The van der Waals surface area contributed by atoms with E-state index in [9.17, 15) is 4.79 Å². The van der Waals surface area contributed by atoms with Gasteiger partial charge in [-0.25, -0.2) is 9.97 Å². The van der Waals surface area contributed by atoms with Gasteiger partial charge < -0.3 is 16.0 Å². The Kier molecular flexibility index (Phi) is 2.64. The minimum atomic E-state index is -0.342. The Balaban J connectivity index is 2.12. The van der Waals surface area contributed by atoms with Gasteiger partial charge in [0.2, 0.25) is 0 Å². The maximum Gasteiger partial charge on any atom is 0.276 e. The zero-order chi connectivity index (χ0) is 10.7. The van der Waals surface area contributed by atoms with Gasteiger partial charge in [0.05, 0.1) is 24.1 Å². The molecule has 0 atom stereocenters. The molecule has 78 valence electrons. The Morgan fingerprint density at radius 2 is 2.40 bits per heavy atom. The van der Waals surface area contributed by atoms with Crippen molar-refractivity contribution in [2.45, 2.75) is 6.54 Å². The number of rotatable bonds is 3. The Morgan fingerprint density at radius 3 is 3.13 bits per heavy atom. The minimum absolute atomic E-state index is 0.0905. The molecule has 7 heteroatoms. The molecule has 0 aromatic carbocycles. The van der Waals surface area contributed by atoms with E-state index in [1.807, 2.05) is 5.38 Å². The highest BCUT2D eigenvalue weighted by Gasteiger charge is 2.03. The fraction of sp³-hybridized carbons (Fsp3) is 0.125. The van der Waals surface area contributed by atoms with Crippen molar-refractivity contribution in [1.29, 1.82) is 0 Å². The highest BCUT2D eigenvalue weighted by atomic mass is 32.1. The topological polar surface area (TPSA) is 96.7 Å². The van der Waals surface area contributed by atoms with Gasteiger partial charge in [-0.15, -0.1) is 11.3 Å². The van der Waals surface area contributed by atoms with Crippen LogP contribution >= 0.6 is 11.3 Å². The average molecular weight is 223 g/mol. The van der Waals surface area contributed by atoms with Crippen molar-refractivity contribution < 1.29 is 0 Å². The van der Waals surface area contributed by atoms with Gasteiger partial charge in [-0.1, -0.05) is 0 Å². The number of aromatic amines is 1. The summed E-state index contributed by atoms with van der Waals surface area (Å²) >= 11 is 1.51. The first kappa shape index (κ1) is 9.66. The van der Waals surface area contributed by atoms with E-state index in [0.29, 0.717) is 12.4 Å². The molecule has 0 aliphatic carbocycles. The predicted octanol–water partition coefficient (Wildman–Crippen LogP) is 0.421. The van der Waals surface area contributed by atoms with E-state index in [0.717, 1.165) is 5.69 Å². The number of nitrogens with one attached hydrogen (secondary N) is 2. The van der Waals surface area contributed by atoms with Crippen LogP contribution in [0.5, 0.6) is 0 Å². The second-order valence-electron chi connectivity index (χ2n) is 2.83. The average Bonchev–Trinajstić information content (AvgIpc) is 2.73. The van der Waals surface area contributed by atoms with Crippen LogP contribution in [0.15, 0.2) is 22.0 Å². The van der Waals surface area contributed by atoms with E-state index in [1.54, 1.807) is 5.51 Å². The van der Waals surface area contributed by atoms with Crippen LogP contribution in [0.25, 0.3) is 0 Å². The third kappa shape index (κ3) is 2.13. The summed E-state index contributed by atoms with van der Waals surface area (Å²) in [5, 5.41) is 4.86. The molecule has 0 bridgehead atoms. The van der Waals surface area contributed by atoms with Gasteiger partial charge in [0.25, 0.3) is 5.56 Å². The molecule has 6 nitrogen and oxygen atoms in total. The van der Waals surface area contributed by atoms with Crippen molar-refractivity contribution >= 4 is 22.8 Å². The van der Waals surface area contributed by atoms with Gasteiger partial charge in [-0.05, 0) is 0 Å². The lowest BCUT2D eigenvalue weighted by atomic mass is 10.4. The molecule has 0 saturated carbocycles. The number of thiazole rings is 1. The Labute approximate surface area is 89.2 Å². The summed E-state index contributed by atoms with van der Waals surface area (Å²) in [6.07, 6.45) is 1.31. The van der Waals surface area contributed by atoms with E-state index in [2.05, 4.69) is 20.3 Å². The molecular weight excluding hydrogens is 214 g/mol. The van der Waals surface area contributed by atoms with E-state index in [4.69, 9.17) is 5.73 Å². The second-order valence-corrected chi connectivity index (χ2v) is 3.55. The SMILES string of the molecule is Nc1c(NCc2cscn2)nc[nH]c1=O. The standard InChI is InChI=1S/C8H9N5OS/c9-6-7(11-3-12-8(6)14)10-1-5-2-15-4-13-5/h2-4H,1,9H2,(H2,10,11,12,14). The highest BCUT2D eigenvalue weighted by Crippen LogP contribution is 2.09. The number of nitrogen functional groups attached to an aromatic ring is 1. The van der Waals surface area contributed by atoms with Crippen LogP contribution in [-0.2, 0) is 6.54 Å². The lowest BCUT2D eigenvalue weighted by molar-refractivity contribution is 1.03. The molecule has 0 unspecified atom stereocenters. The number of aromatic nitrogens is 3. The first-order chi connectivity index (χ1) is 7.27. The molecule has 0 radical (unpaired) electrons. The third-order valence-electron chi connectivity index (χ3n) is 1.81. The number of hydrogen-bond donors (Lipinski definition) is 3. The van der Waals surface area contributed by atoms with Gasteiger partial charge in [0.15, 0.2) is 5.82 Å². The number of H-pyrrole nitrogens is 1. The zero-order valence-corrected chi connectivity index (χ0v) is 8.54. The van der Waals surface area contributed by atoms with Crippen LogP contribution in [-0.4, -0.2) is 15.0 Å². The molecule has 0 aliphatic rings. The zero-order valence-electron chi connectivity index (χ0n) is 7.73. The van der Waals surface area contributed by atoms with Gasteiger partial charge in [0, 0.05) is 5.38 Å². The van der Waals surface area contributed by atoms with Gasteiger partial charge in [-0.3, -0.25) is 4.79 Å². The van der Waals surface area contributed by atoms with E-state index in [1.165, 1.54) is 17.7 Å². The summed E-state index contributed by atoms with van der Waals surface area (Å²) < 4.78 is 0. The molecule has 0 saturated heterocycles. The summed E-state index contributed by atoms with van der Waals surface area (Å²) in [7, 11) is 0. The maximum absolute atomic E-state index is 11.1. The molecule has 0 spiro atoms. The predicted molar refractivity (Wildman–Crippen MR) is 58.7 cm³/mol. The van der Waals surface area contributed by atoms with Crippen LogP contribution in [0.3, 0.4) is 0 Å². The van der Waals surface area contributed by atoms with E-state index in [-0.39, 0.29) is 11.2 Å². The lowest BCUT2D eigenvalue weighted by Crippen LogP contribution is -2.16. The Morgan fingerprint density at radius 1 is 1.53 bits per heavy atom. The first-order valence-electron chi connectivity index (χ1n) is 4.21. The first-order valence-corrected chi connectivity index (χ1v) is 5.16. The van der Waals surface area contributed by atoms with Gasteiger partial charge in [0.1, 0.15) is 5.69 Å². The fourth-order valence-corrected chi connectivity index (χ4v) is 1.61. The molecule has 0 aliphatic heterocycles. The lowest BCUT2D eigenvalue weighted by Gasteiger charge is -2.04. The number of nitrogens with zero attached hydrogens (tertiary/aromatic N) is 2. The monoisotopic (exact) mass is 223 g/mol. The van der Waals surface area contributed by atoms with Crippen molar-refractivity contribution in [3.63, 3.8) is 0 Å². The number of hydrogen-bond acceptors (Lipinski definition) is 6. The van der Waals surface area contributed by atoms with Crippen LogP contribution in [0, 0.1) is 0 Å². The third-order valence-corrected chi connectivity index (χ3v) is 2.44.